The SMILES string of the molecule is CC(=O)O[C@@H]1C(OCCCNC(=O)OC(C)(C)C)[C@H](N)OC2COC(c3ccccc3)O[C@@H]21.COC(=O)CO[C@@H]1C(C)[C@H](N=[N+]=[N-])OC2COC(c3ccccc3)O[C@@H]21.CS[C@@H]1OC(CO)[C@H](O)[C@H](OCC(=O)N[C@@H]2OC(CO)[C@H](O)[C@H](OC(C)=O)C2OCCCN)C1NC(=O)c1ccc(Cl)c(Cl)c1.N[C@@H]1OC2COC(c3ccccc3)O[C@@H]2[C@H](OCC(=O)O)C1NC(=O)c1ccc(Cl)c(Cl)c1. The highest BCUT2D eigenvalue weighted by molar-refractivity contribution is 7.99. The van der Waals surface area contributed by atoms with E-state index in [4.69, 9.17) is 159 Å². The number of carbonyl (C=O) groups excluding carboxylic acids is 7. The number of alkyl carbamates (subject to hydrolysis) is 1. The average Bonchev–Trinajstić information content (AvgIpc) is 0.773. The van der Waals surface area contributed by atoms with Crippen molar-refractivity contribution in [2.75, 3.05) is 92.5 Å². The Balaban J connectivity index is 0.000000192. The number of carboxylic acids is 1. The van der Waals surface area contributed by atoms with Gasteiger partial charge in [0.15, 0.2) is 37.3 Å². The van der Waals surface area contributed by atoms with Gasteiger partial charge in [-0.25, -0.2) is 14.4 Å². The number of fused-ring (bicyclic) bond motifs is 3. The second kappa shape index (κ2) is 54.0. The molecule has 8 aliphatic rings. The van der Waals surface area contributed by atoms with E-state index >= 15 is 0 Å². The van der Waals surface area contributed by atoms with E-state index in [0.717, 1.165) is 23.6 Å². The molecule has 5 aromatic carbocycles. The number of nitrogens with zero attached hydrogens (tertiary/aromatic N) is 3. The second-order valence-electron chi connectivity index (χ2n) is 33.0. The molecule has 5 aromatic rings. The van der Waals surface area contributed by atoms with Crippen LogP contribution in [0.5, 0.6) is 0 Å². The van der Waals surface area contributed by atoms with Crippen molar-refractivity contribution in [1.82, 2.24) is 21.3 Å². The minimum Gasteiger partial charge on any atom is -0.480 e. The van der Waals surface area contributed by atoms with Crippen LogP contribution in [0.1, 0.15) is 111 Å². The van der Waals surface area contributed by atoms with Crippen molar-refractivity contribution < 1.29 is 159 Å². The normalized spacial score (nSPS) is 30.9. The molecule has 754 valence electrons. The van der Waals surface area contributed by atoms with E-state index in [1.807, 2.05) is 97.9 Å². The molecule has 15 N–H and O–H groups in total. The Kier molecular flexibility index (Phi) is 43.6. The fourth-order valence-corrected chi connectivity index (χ4v) is 16.9. The van der Waals surface area contributed by atoms with E-state index in [0.29, 0.717) is 24.4 Å². The quantitative estimate of drug-likeness (QED) is 0.00633. The Morgan fingerprint density at radius 3 is 1.50 bits per heavy atom. The van der Waals surface area contributed by atoms with Crippen molar-refractivity contribution in [1.29, 1.82) is 0 Å². The number of nitrogens with two attached hydrogens (primary N) is 3. The van der Waals surface area contributed by atoms with Crippen LogP contribution in [0, 0.1) is 5.92 Å². The summed E-state index contributed by atoms with van der Waals surface area (Å²) in [4.78, 5) is 100. The molecule has 43 nitrogen and oxygen atoms in total. The van der Waals surface area contributed by atoms with Gasteiger partial charge in [0, 0.05) is 72.3 Å². The number of methoxy groups -OCH3 is 1. The van der Waals surface area contributed by atoms with Crippen LogP contribution in [0.3, 0.4) is 0 Å². The van der Waals surface area contributed by atoms with Crippen LogP contribution in [-0.4, -0.2) is 318 Å². The molecule has 0 bridgehead atoms. The lowest BCUT2D eigenvalue weighted by Gasteiger charge is -2.48. The van der Waals surface area contributed by atoms with Crippen LogP contribution < -0.4 is 38.5 Å². The van der Waals surface area contributed by atoms with Crippen LogP contribution in [0.25, 0.3) is 10.4 Å². The monoisotopic (exact) mass is 2020 g/mol. The highest BCUT2D eigenvalue weighted by atomic mass is 35.5. The number of hydrogen-bond donors (Lipinski definition) is 12. The van der Waals surface area contributed by atoms with Crippen LogP contribution in [0.2, 0.25) is 20.1 Å². The van der Waals surface area contributed by atoms with E-state index in [9.17, 15) is 63.9 Å². The number of rotatable bonds is 32. The Morgan fingerprint density at radius 1 is 0.547 bits per heavy atom. The molecule has 0 aromatic heterocycles. The van der Waals surface area contributed by atoms with Gasteiger partial charge in [0.2, 0.25) is 5.91 Å². The number of amides is 4. The van der Waals surface area contributed by atoms with Crippen molar-refractivity contribution >= 4 is 106 Å². The summed E-state index contributed by atoms with van der Waals surface area (Å²) < 4.78 is 114. The Bertz CT molecular complexity index is 4770. The van der Waals surface area contributed by atoms with Gasteiger partial charge in [-0.3, -0.25) is 24.0 Å². The fraction of sp³-hybridized carbons (Fsp3) is 0.573. The first-order chi connectivity index (χ1) is 65.5. The topological polar surface area (TPSA) is 597 Å². The molecular weight excluding hydrogens is 1910 g/mol. The van der Waals surface area contributed by atoms with Crippen LogP contribution >= 0.6 is 58.2 Å². The molecule has 28 atom stereocenters. The summed E-state index contributed by atoms with van der Waals surface area (Å²) in [5.74, 6) is -5.07. The molecule has 0 spiro atoms. The van der Waals surface area contributed by atoms with E-state index < -0.39 is 245 Å². The maximum atomic E-state index is 13.2. The van der Waals surface area contributed by atoms with Crippen LogP contribution in [0.4, 0.5) is 4.79 Å². The first-order valence-electron chi connectivity index (χ1n) is 43.6. The van der Waals surface area contributed by atoms with Gasteiger partial charge < -0.3 is 159 Å². The standard InChI is InChI=1S/C27H39Cl2N3O12S.C23H34N2O8.C22H22Cl2N2O7.C17H21N3O6/c1-12(35)42-23-21(38)16(9-33)43-26(24(23)40-7-3-6-30)31-18(36)11-41-22-19(27(45-2)44-17(10-34)20(22)37)32-25(39)13-4-5-14(28)15(29)8-13;1-14(26)30-18-17-16(13-29-21(32-17)15-9-6-5-7-10-15)31-20(24)19(18)28-12-8-11-25-22(27)33-23(2,3)4;23-13-7-6-12(8-14(13)24)21(29)26-17-19(30-10-16(27)28)18-15(32-20(17)25)9-31-22(33-18)11-4-2-1-3-5-11;1-10-14(23-9-13(21)22-2)15-12(25-16(10)19-20-18)8-24-17(26-15)11-6-4-3-5-7-11/h4-5,8,16-17,19-24,26-27,33-34,37-38H,3,6-7,9-11,30H2,1-2H3,(H,31,36)(H,32,39);5-7,9-10,16-21H,8,11-13,24H2,1-4H3,(H,25,27);1-8,15,17-20,22H,9-10,25H2,(H,26,29)(H,27,28);3-7,10,12,14-17H,8-9H2,1-2H3/t16?,17?,19?,20-,21-,22+,23-,24?,26+,27-;16?,17-,18-,19?,20+,21?;15?,17?,18-,19+,20+,22?;10?,12?,14-,15+,16-,17?/m0001/s1. The van der Waals surface area contributed by atoms with Crippen molar-refractivity contribution in [2.24, 2.45) is 28.2 Å². The van der Waals surface area contributed by atoms with Crippen molar-refractivity contribution in [3.8, 4) is 0 Å². The molecule has 0 saturated carbocycles. The third-order valence-electron chi connectivity index (χ3n) is 22.0. The van der Waals surface area contributed by atoms with E-state index in [2.05, 4.69) is 36.0 Å². The lowest BCUT2D eigenvalue weighted by atomic mass is 9.90. The molecule has 8 aliphatic heterocycles. The van der Waals surface area contributed by atoms with Gasteiger partial charge in [-0.15, -0.1) is 11.8 Å². The Hall–Kier alpha value is -8.44. The maximum Gasteiger partial charge on any atom is 0.407 e. The maximum absolute atomic E-state index is 13.2. The largest absolute Gasteiger partial charge is 0.480 e. The highest BCUT2D eigenvalue weighted by Crippen LogP contribution is 2.42. The third kappa shape index (κ3) is 31.5. The average molecular weight is 2030 g/mol. The Morgan fingerprint density at radius 2 is 1.01 bits per heavy atom. The highest BCUT2D eigenvalue weighted by Gasteiger charge is 2.56. The number of aliphatic carboxylic acids is 1. The summed E-state index contributed by atoms with van der Waals surface area (Å²) in [5.41, 5.74) is 28.2. The zero-order chi connectivity index (χ0) is 99.3. The number of halogens is 4. The number of esters is 3. The van der Waals surface area contributed by atoms with Crippen LogP contribution in [0.15, 0.2) is 133 Å². The number of azide groups is 1. The van der Waals surface area contributed by atoms with E-state index in [1.54, 1.807) is 27.0 Å². The number of nitrogens with one attached hydrogen (secondary N) is 4. The number of thioether (sulfide) groups is 1. The summed E-state index contributed by atoms with van der Waals surface area (Å²) >= 11 is 25.2. The second-order valence-corrected chi connectivity index (χ2v) is 35.6. The predicted octanol–water partition coefficient (Wildman–Crippen LogP) is 5.48. The third-order valence-corrected chi connectivity index (χ3v) is 24.4. The van der Waals surface area contributed by atoms with Gasteiger partial charge in [0.05, 0.1) is 78.4 Å². The van der Waals surface area contributed by atoms with Gasteiger partial charge in [0.1, 0.15) is 135 Å². The first-order valence-corrected chi connectivity index (χ1v) is 46.4. The minimum atomic E-state index is -1.47. The fourth-order valence-electron chi connectivity index (χ4n) is 15.5. The zero-order valence-electron chi connectivity index (χ0n) is 75.9. The predicted molar refractivity (Wildman–Crippen MR) is 485 cm³/mol. The molecule has 4 amide bonds. The number of hydrogen-bond acceptors (Lipinski definition) is 37. The number of aliphatic hydroxyl groups excluding tert-OH is 4. The number of aliphatic hydroxyl groups is 4. The number of carboxylic acid groups (broad SMARTS) is 1. The lowest BCUT2D eigenvalue weighted by Crippen LogP contribution is -2.69. The molecule has 13 rings (SSSR count). The summed E-state index contributed by atoms with van der Waals surface area (Å²) in [6.07, 6.45) is -19.0. The molecule has 8 saturated heterocycles. The van der Waals surface area contributed by atoms with Crippen LogP contribution in [-0.2, 0) is 119 Å². The summed E-state index contributed by atoms with van der Waals surface area (Å²) in [5, 5.41) is 65.7. The number of carbonyl (C=O) groups is 8. The smallest absolute Gasteiger partial charge is 0.407 e. The minimum absolute atomic E-state index is 0.0781. The number of ether oxygens (including phenoxy) is 20. The number of benzene rings is 5. The van der Waals surface area contributed by atoms with Gasteiger partial charge >= 0.3 is 30.0 Å². The van der Waals surface area contributed by atoms with Crippen molar-refractivity contribution in [3.05, 3.63) is 186 Å². The summed E-state index contributed by atoms with van der Waals surface area (Å²) in [6.45, 7) is 8.53. The summed E-state index contributed by atoms with van der Waals surface area (Å²) in [6, 6.07) is 35.0. The molecular formula is C89H116Cl4N10O33S. The first kappa shape index (κ1) is 111. The van der Waals surface area contributed by atoms with Gasteiger partial charge in [-0.1, -0.05) is 149 Å². The van der Waals surface area contributed by atoms with E-state index in [-0.39, 0.29) is 78.3 Å². The lowest BCUT2D eigenvalue weighted by molar-refractivity contribution is -0.332. The van der Waals surface area contributed by atoms with Gasteiger partial charge in [-0.05, 0) is 88.3 Å². The van der Waals surface area contributed by atoms with Gasteiger partial charge in [-0.2, -0.15) is 0 Å². The molecule has 48 heteroatoms. The van der Waals surface area contributed by atoms with Gasteiger partial charge in [0.25, 0.3) is 11.8 Å². The van der Waals surface area contributed by atoms with E-state index in [1.165, 1.54) is 62.2 Å². The molecule has 0 radical (unpaired) electrons. The Labute approximate surface area is 812 Å². The molecule has 0 aliphatic carbocycles. The molecule has 8 fully saturated rings. The molecule has 137 heavy (non-hydrogen) atoms. The zero-order valence-corrected chi connectivity index (χ0v) is 79.7. The van der Waals surface area contributed by atoms with Crippen molar-refractivity contribution in [2.45, 2.75) is 225 Å². The van der Waals surface area contributed by atoms with Crippen molar-refractivity contribution in [3.63, 3.8) is 0 Å². The molecule has 13 unspecified atom stereocenters. The molecule has 8 heterocycles. The summed E-state index contributed by atoms with van der Waals surface area (Å²) in [7, 11) is 1.29.